The molecule has 0 aliphatic carbocycles. The Kier molecular flexibility index (Phi) is 3.86. The van der Waals surface area contributed by atoms with E-state index in [1.807, 2.05) is 19.9 Å². The monoisotopic (exact) mass is 389 g/mol. The molecule has 0 saturated carbocycles. The van der Waals surface area contributed by atoms with Gasteiger partial charge in [-0.25, -0.2) is 4.79 Å². The van der Waals surface area contributed by atoms with E-state index in [0.29, 0.717) is 40.7 Å². The van der Waals surface area contributed by atoms with Crippen molar-refractivity contribution in [3.63, 3.8) is 0 Å². The molecule has 5 heterocycles. The predicted molar refractivity (Wildman–Crippen MR) is 100 cm³/mol. The lowest BCUT2D eigenvalue weighted by Crippen LogP contribution is -2.63. The summed E-state index contributed by atoms with van der Waals surface area (Å²) in [6, 6.07) is 4.24. The van der Waals surface area contributed by atoms with E-state index in [9.17, 15) is 9.59 Å². The number of halogens is 1. The van der Waals surface area contributed by atoms with E-state index in [4.69, 9.17) is 21.1 Å². The Morgan fingerprint density at radius 2 is 1.93 bits per heavy atom. The van der Waals surface area contributed by atoms with E-state index < -0.39 is 0 Å². The van der Waals surface area contributed by atoms with E-state index >= 15 is 0 Å². The number of fused-ring (bicyclic) bond motifs is 2. The van der Waals surface area contributed by atoms with Gasteiger partial charge in [-0.2, -0.15) is 0 Å². The van der Waals surface area contributed by atoms with E-state index in [1.165, 1.54) is 0 Å². The molecule has 5 aliphatic rings. The molecule has 0 radical (unpaired) electrons. The summed E-state index contributed by atoms with van der Waals surface area (Å²) < 4.78 is 11.9. The van der Waals surface area contributed by atoms with Crippen LogP contribution in [0.1, 0.15) is 55.5 Å². The minimum atomic E-state index is -0.354. The van der Waals surface area contributed by atoms with Crippen molar-refractivity contribution in [2.75, 3.05) is 6.54 Å². The standard InChI is InChI=1S/C21H24ClNO4/c1-21(2)9-12-3-13(22)6-17(19(12)27-21)20(25)26-16-7-14-4-11-5-15(8-16)23(14)10-18(11)24/h3,6,11,14-16H,4-5,7-10H2,1-2H3. The van der Waals surface area contributed by atoms with Crippen molar-refractivity contribution in [1.29, 1.82) is 0 Å². The Bertz CT molecular complexity index is 820. The number of carbonyl (C=O) groups excluding carboxylic acids is 2. The van der Waals surface area contributed by atoms with Gasteiger partial charge in [0, 0.05) is 47.9 Å². The van der Waals surface area contributed by atoms with Crippen LogP contribution >= 0.6 is 11.6 Å². The van der Waals surface area contributed by atoms with Crippen molar-refractivity contribution in [3.05, 3.63) is 28.3 Å². The zero-order valence-electron chi connectivity index (χ0n) is 15.7. The molecular weight excluding hydrogens is 366 g/mol. The lowest BCUT2D eigenvalue weighted by molar-refractivity contribution is -0.145. The second-order valence-corrected chi connectivity index (χ2v) is 9.53. The molecule has 1 aromatic carbocycles. The van der Waals surface area contributed by atoms with Gasteiger partial charge in [0.05, 0.1) is 6.54 Å². The molecule has 0 amide bonds. The molecular formula is C21H24ClNO4. The summed E-state index contributed by atoms with van der Waals surface area (Å²) in [6.45, 7) is 4.58. The van der Waals surface area contributed by atoms with Crippen molar-refractivity contribution in [1.82, 2.24) is 4.90 Å². The Hall–Kier alpha value is -1.59. The molecule has 4 saturated heterocycles. The molecule has 0 aromatic heterocycles. The molecule has 4 fully saturated rings. The summed E-state index contributed by atoms with van der Waals surface area (Å²) in [6.07, 6.45) is 4.05. The quantitative estimate of drug-likeness (QED) is 0.725. The van der Waals surface area contributed by atoms with Crippen LogP contribution in [0, 0.1) is 5.92 Å². The molecule has 2 atom stereocenters. The lowest BCUT2D eigenvalue weighted by Gasteiger charge is -2.54. The Morgan fingerprint density at radius 1 is 1.22 bits per heavy atom. The summed E-state index contributed by atoms with van der Waals surface area (Å²) in [5.41, 5.74) is 1.04. The highest BCUT2D eigenvalue weighted by atomic mass is 35.5. The fraction of sp³-hybridized carbons (Fsp3) is 0.619. The van der Waals surface area contributed by atoms with Gasteiger partial charge < -0.3 is 9.47 Å². The molecule has 5 aliphatic heterocycles. The first kappa shape index (κ1) is 17.5. The molecule has 6 rings (SSSR count). The van der Waals surface area contributed by atoms with Crippen LogP contribution in [0.4, 0.5) is 0 Å². The van der Waals surface area contributed by atoms with Crippen molar-refractivity contribution in [2.45, 2.75) is 69.7 Å². The molecule has 5 nitrogen and oxygen atoms in total. The first-order chi connectivity index (χ1) is 12.8. The number of Topliss-reactive ketones (excluding diaryl/α,β-unsaturated/α-hetero) is 1. The molecule has 27 heavy (non-hydrogen) atoms. The van der Waals surface area contributed by atoms with Gasteiger partial charge in [0.15, 0.2) is 0 Å². The van der Waals surface area contributed by atoms with Crippen LogP contribution in [0.15, 0.2) is 12.1 Å². The van der Waals surface area contributed by atoms with E-state index in [1.54, 1.807) is 6.07 Å². The maximum atomic E-state index is 12.9. The molecule has 144 valence electrons. The molecule has 1 aromatic rings. The largest absolute Gasteiger partial charge is 0.486 e. The second kappa shape index (κ2) is 5.95. The number of hydrogen-bond donors (Lipinski definition) is 0. The molecule has 2 unspecified atom stereocenters. The van der Waals surface area contributed by atoms with Gasteiger partial charge in [0.25, 0.3) is 0 Å². The number of piperidine rings is 4. The van der Waals surface area contributed by atoms with Crippen LogP contribution in [0.25, 0.3) is 0 Å². The maximum Gasteiger partial charge on any atom is 0.342 e. The van der Waals surface area contributed by atoms with Crippen molar-refractivity contribution in [3.8, 4) is 5.75 Å². The normalized spacial score (nSPS) is 35.5. The van der Waals surface area contributed by atoms with Gasteiger partial charge in [-0.1, -0.05) is 11.6 Å². The third-order valence-electron chi connectivity index (χ3n) is 6.53. The number of carbonyl (C=O) groups is 2. The highest BCUT2D eigenvalue weighted by molar-refractivity contribution is 6.31. The van der Waals surface area contributed by atoms with E-state index in [-0.39, 0.29) is 23.6 Å². The molecule has 0 spiro atoms. The molecule has 0 N–H and O–H groups in total. The fourth-order valence-corrected chi connectivity index (χ4v) is 5.69. The second-order valence-electron chi connectivity index (χ2n) is 9.09. The number of ketones is 1. The fourth-order valence-electron chi connectivity index (χ4n) is 5.45. The van der Waals surface area contributed by atoms with Gasteiger partial charge >= 0.3 is 5.97 Å². The van der Waals surface area contributed by atoms with Gasteiger partial charge in [0.1, 0.15) is 28.8 Å². The number of ether oxygens (including phenoxy) is 2. The Balaban J connectivity index is 1.34. The van der Waals surface area contributed by atoms with Crippen molar-refractivity contribution in [2.24, 2.45) is 5.92 Å². The zero-order chi connectivity index (χ0) is 18.9. The molecule has 4 bridgehead atoms. The number of benzene rings is 1. The Morgan fingerprint density at radius 3 is 2.59 bits per heavy atom. The maximum absolute atomic E-state index is 12.9. The van der Waals surface area contributed by atoms with Crippen LogP contribution in [0.3, 0.4) is 0 Å². The lowest BCUT2D eigenvalue weighted by atomic mass is 9.72. The van der Waals surface area contributed by atoms with E-state index in [2.05, 4.69) is 4.90 Å². The van der Waals surface area contributed by atoms with Crippen molar-refractivity contribution < 1.29 is 19.1 Å². The highest BCUT2D eigenvalue weighted by Gasteiger charge is 2.49. The van der Waals surface area contributed by atoms with Gasteiger partial charge in [-0.15, -0.1) is 0 Å². The number of nitrogens with zero attached hydrogens (tertiary/aromatic N) is 1. The highest BCUT2D eigenvalue weighted by Crippen LogP contribution is 2.43. The summed E-state index contributed by atoms with van der Waals surface area (Å²) in [7, 11) is 0. The van der Waals surface area contributed by atoms with Crippen LogP contribution in [-0.2, 0) is 16.0 Å². The van der Waals surface area contributed by atoms with Gasteiger partial charge in [-0.3, -0.25) is 9.69 Å². The third-order valence-corrected chi connectivity index (χ3v) is 6.75. The first-order valence-corrected chi connectivity index (χ1v) is 10.2. The van der Waals surface area contributed by atoms with E-state index in [0.717, 1.165) is 37.7 Å². The number of hydrogen-bond acceptors (Lipinski definition) is 5. The zero-order valence-corrected chi connectivity index (χ0v) is 16.4. The van der Waals surface area contributed by atoms with Crippen molar-refractivity contribution >= 4 is 23.4 Å². The van der Waals surface area contributed by atoms with Crippen LogP contribution in [-0.4, -0.2) is 47.0 Å². The third kappa shape index (κ3) is 2.95. The molecule has 6 heteroatoms. The summed E-state index contributed by atoms with van der Waals surface area (Å²) in [5, 5.41) is 0.532. The SMILES string of the molecule is CC1(C)Cc2cc(Cl)cc(C(=O)OC3CC4CC5CC(C3)N4CC5=O)c2O1. The topological polar surface area (TPSA) is 55.8 Å². The van der Waals surface area contributed by atoms with Crippen LogP contribution < -0.4 is 4.74 Å². The number of rotatable bonds is 2. The first-order valence-electron chi connectivity index (χ1n) is 9.80. The number of esters is 1. The minimum absolute atomic E-state index is 0.109. The summed E-state index contributed by atoms with van der Waals surface area (Å²) >= 11 is 6.24. The summed E-state index contributed by atoms with van der Waals surface area (Å²) in [4.78, 5) is 27.2. The predicted octanol–water partition coefficient (Wildman–Crippen LogP) is 3.40. The summed E-state index contributed by atoms with van der Waals surface area (Å²) in [5.74, 6) is 0.854. The van der Waals surface area contributed by atoms with Crippen LogP contribution in [0.5, 0.6) is 5.75 Å². The van der Waals surface area contributed by atoms with Gasteiger partial charge in [-0.05, 0) is 38.8 Å². The van der Waals surface area contributed by atoms with Gasteiger partial charge in [0.2, 0.25) is 0 Å². The average Bonchev–Trinajstić information content (AvgIpc) is 2.87. The average molecular weight is 390 g/mol. The smallest absolute Gasteiger partial charge is 0.342 e. The van der Waals surface area contributed by atoms with Crippen LogP contribution in [0.2, 0.25) is 5.02 Å². The minimum Gasteiger partial charge on any atom is -0.486 e. The Labute approximate surface area is 163 Å².